The Morgan fingerprint density at radius 2 is 2.12 bits per heavy atom. The zero-order chi connectivity index (χ0) is 17.9. The Kier molecular flexibility index (Phi) is 6.13. The third-order valence-corrected chi connectivity index (χ3v) is 6.61. The first-order valence-corrected chi connectivity index (χ1v) is 9.93. The zero-order valence-corrected chi connectivity index (χ0v) is 15.5. The highest BCUT2D eigenvalue weighted by Crippen LogP contribution is 2.25. The Balaban J connectivity index is 2.27. The first kappa shape index (κ1) is 19.0. The molecular weight excluding hydrogens is 376 g/mol. The van der Waals surface area contributed by atoms with Gasteiger partial charge in [0.25, 0.3) is 5.91 Å². The van der Waals surface area contributed by atoms with Crippen molar-refractivity contribution < 1.29 is 22.7 Å². The lowest BCUT2D eigenvalue weighted by Gasteiger charge is -2.31. The van der Waals surface area contributed by atoms with E-state index in [1.165, 1.54) is 49.0 Å². The van der Waals surface area contributed by atoms with Gasteiger partial charge in [0.2, 0.25) is 10.0 Å². The van der Waals surface area contributed by atoms with E-state index in [1.807, 2.05) is 0 Å². The number of thioether (sulfide) groups is 1. The van der Waals surface area contributed by atoms with Crippen LogP contribution in [0.5, 0.6) is 0 Å². The first-order valence-electron chi connectivity index (χ1n) is 7.02. The van der Waals surface area contributed by atoms with Crippen LogP contribution >= 0.6 is 23.4 Å². The fourth-order valence-corrected chi connectivity index (χ4v) is 4.62. The summed E-state index contributed by atoms with van der Waals surface area (Å²) in [6.07, 6.45) is 0. The number of rotatable bonds is 4. The smallest absolute Gasteiger partial charge is 0.320 e. The topological polar surface area (TPSA) is 92.8 Å². The number of benzene rings is 1. The van der Waals surface area contributed by atoms with Gasteiger partial charge in [0.15, 0.2) is 0 Å². The van der Waals surface area contributed by atoms with Crippen molar-refractivity contribution in [2.45, 2.75) is 10.1 Å². The van der Waals surface area contributed by atoms with Crippen LogP contribution in [0.1, 0.15) is 10.4 Å². The van der Waals surface area contributed by atoms with E-state index in [0.29, 0.717) is 12.3 Å². The number of methoxy groups -OCH3 is 1. The molecule has 7 nitrogen and oxygen atoms in total. The van der Waals surface area contributed by atoms with Crippen LogP contribution in [0.15, 0.2) is 23.1 Å². The lowest BCUT2D eigenvalue weighted by molar-refractivity contribution is -0.140. The molecule has 1 fully saturated rings. The van der Waals surface area contributed by atoms with Crippen LogP contribution in [-0.2, 0) is 19.6 Å². The maximum absolute atomic E-state index is 12.6. The van der Waals surface area contributed by atoms with Gasteiger partial charge in [-0.3, -0.25) is 9.59 Å². The van der Waals surface area contributed by atoms with E-state index in [2.05, 4.69) is 4.72 Å². The highest BCUT2D eigenvalue weighted by molar-refractivity contribution is 8.00. The van der Waals surface area contributed by atoms with Crippen LogP contribution in [0, 0.1) is 0 Å². The number of carbonyl (C=O) groups excluding carboxylic acids is 2. The van der Waals surface area contributed by atoms with Gasteiger partial charge in [-0.2, -0.15) is 0 Å². The van der Waals surface area contributed by atoms with Gasteiger partial charge >= 0.3 is 5.97 Å². The van der Waals surface area contributed by atoms with E-state index in [0.717, 1.165) is 0 Å². The molecule has 1 aliphatic heterocycles. The molecule has 1 aromatic rings. The SMILES string of the molecule is CNS(=O)(=O)c1cc(C(=O)N2CCS[C@H](C(=O)OC)C2)ccc1Cl. The molecule has 1 N–H and O–H groups in total. The molecule has 10 heteroatoms. The standard InChI is InChI=1S/C14H17ClN2O5S2/c1-16-24(20,21)12-7-9(3-4-10(12)15)13(18)17-5-6-23-11(8-17)14(19)22-2/h3-4,7,11,16H,5-6,8H2,1-2H3/t11-/m0/s1. The van der Waals surface area contributed by atoms with Crippen LogP contribution < -0.4 is 4.72 Å². The summed E-state index contributed by atoms with van der Waals surface area (Å²) < 4.78 is 30.8. The lowest BCUT2D eigenvalue weighted by atomic mass is 10.2. The molecule has 132 valence electrons. The molecule has 0 aliphatic carbocycles. The number of esters is 1. The summed E-state index contributed by atoms with van der Waals surface area (Å²) in [6, 6.07) is 4.08. The summed E-state index contributed by atoms with van der Waals surface area (Å²) in [5, 5.41) is -0.414. The van der Waals surface area contributed by atoms with E-state index in [9.17, 15) is 18.0 Å². The Labute approximate surface area is 149 Å². The third kappa shape index (κ3) is 4.02. The molecule has 1 amide bonds. The highest BCUT2D eigenvalue weighted by atomic mass is 35.5. The fourth-order valence-electron chi connectivity index (χ4n) is 2.24. The van der Waals surface area contributed by atoms with Crippen molar-refractivity contribution in [2.24, 2.45) is 0 Å². The van der Waals surface area contributed by atoms with Crippen molar-refractivity contribution in [3.63, 3.8) is 0 Å². The van der Waals surface area contributed by atoms with E-state index in [-0.39, 0.29) is 33.9 Å². The maximum Gasteiger partial charge on any atom is 0.320 e. The monoisotopic (exact) mass is 392 g/mol. The van der Waals surface area contributed by atoms with E-state index >= 15 is 0 Å². The summed E-state index contributed by atoms with van der Waals surface area (Å²) in [6.45, 7) is 0.681. The molecule has 0 unspecified atom stereocenters. The number of amides is 1. The zero-order valence-electron chi connectivity index (χ0n) is 13.1. The Hall–Kier alpha value is -1.29. The van der Waals surface area contributed by atoms with Gasteiger partial charge in [0, 0.05) is 24.4 Å². The minimum atomic E-state index is -3.77. The van der Waals surface area contributed by atoms with E-state index in [4.69, 9.17) is 16.3 Å². The number of halogens is 1. The van der Waals surface area contributed by atoms with E-state index < -0.39 is 15.3 Å². The molecule has 0 saturated carbocycles. The number of hydrogen-bond donors (Lipinski definition) is 1. The van der Waals surface area contributed by atoms with Crippen molar-refractivity contribution in [2.75, 3.05) is 33.0 Å². The number of hydrogen-bond acceptors (Lipinski definition) is 6. The maximum atomic E-state index is 12.6. The molecule has 24 heavy (non-hydrogen) atoms. The number of nitrogens with one attached hydrogen (secondary N) is 1. The second-order valence-corrected chi connectivity index (χ2v) is 8.56. The normalized spacial score (nSPS) is 18.3. The van der Waals surface area contributed by atoms with Crippen LogP contribution in [0.25, 0.3) is 0 Å². The Bertz CT molecular complexity index is 754. The molecule has 0 bridgehead atoms. The fraction of sp³-hybridized carbons (Fsp3) is 0.429. The third-order valence-electron chi connectivity index (χ3n) is 3.55. The predicted octanol–water partition coefficient (Wildman–Crippen LogP) is 0.979. The molecule has 1 saturated heterocycles. The van der Waals surface area contributed by atoms with Gasteiger partial charge in [-0.1, -0.05) is 11.6 Å². The minimum Gasteiger partial charge on any atom is -0.468 e. The quantitative estimate of drug-likeness (QED) is 0.768. The molecule has 0 radical (unpaired) electrons. The van der Waals surface area contributed by atoms with Gasteiger partial charge in [0.05, 0.1) is 12.1 Å². The number of carbonyl (C=O) groups is 2. The van der Waals surface area contributed by atoms with Crippen LogP contribution in [-0.4, -0.2) is 63.4 Å². The van der Waals surface area contributed by atoms with Gasteiger partial charge in [-0.05, 0) is 25.2 Å². The van der Waals surface area contributed by atoms with Crippen molar-refractivity contribution >= 4 is 45.3 Å². The predicted molar refractivity (Wildman–Crippen MR) is 91.9 cm³/mol. The van der Waals surface area contributed by atoms with Crippen molar-refractivity contribution in [3.8, 4) is 0 Å². The number of nitrogens with zero attached hydrogens (tertiary/aromatic N) is 1. The summed E-state index contributed by atoms with van der Waals surface area (Å²) in [7, 11) is -1.20. The molecule has 1 atom stereocenters. The van der Waals surface area contributed by atoms with Crippen molar-refractivity contribution in [1.82, 2.24) is 9.62 Å². The van der Waals surface area contributed by atoms with E-state index in [1.54, 1.807) is 0 Å². The lowest BCUT2D eigenvalue weighted by Crippen LogP contribution is -2.45. The Morgan fingerprint density at radius 3 is 2.75 bits per heavy atom. The molecule has 1 aromatic carbocycles. The summed E-state index contributed by atoms with van der Waals surface area (Å²) in [5.74, 6) is -0.138. The van der Waals surface area contributed by atoms with Crippen molar-refractivity contribution in [1.29, 1.82) is 0 Å². The molecule has 0 aromatic heterocycles. The largest absolute Gasteiger partial charge is 0.468 e. The molecule has 2 rings (SSSR count). The summed E-state index contributed by atoms with van der Waals surface area (Å²) in [4.78, 5) is 25.6. The van der Waals surface area contributed by atoms with Gasteiger partial charge < -0.3 is 9.64 Å². The molecular formula is C14H17ClN2O5S2. The average molecular weight is 393 g/mol. The van der Waals surface area contributed by atoms with Crippen LogP contribution in [0.4, 0.5) is 0 Å². The van der Waals surface area contributed by atoms with Gasteiger partial charge in [-0.25, -0.2) is 13.1 Å². The minimum absolute atomic E-state index is 0.0301. The Morgan fingerprint density at radius 1 is 1.42 bits per heavy atom. The number of sulfonamides is 1. The molecule has 0 spiro atoms. The average Bonchev–Trinajstić information content (AvgIpc) is 2.60. The second kappa shape index (κ2) is 7.73. The number of ether oxygens (including phenoxy) is 1. The van der Waals surface area contributed by atoms with Crippen molar-refractivity contribution in [3.05, 3.63) is 28.8 Å². The summed E-state index contributed by atoms with van der Waals surface area (Å²) in [5.41, 5.74) is 0.198. The second-order valence-electron chi connectivity index (χ2n) is 4.99. The first-order chi connectivity index (χ1) is 11.3. The molecule has 1 aliphatic rings. The van der Waals surface area contributed by atoms with Crippen LogP contribution in [0.3, 0.4) is 0 Å². The summed E-state index contributed by atoms with van der Waals surface area (Å²) >= 11 is 7.36. The highest BCUT2D eigenvalue weighted by Gasteiger charge is 2.30. The van der Waals surface area contributed by atoms with Gasteiger partial charge in [-0.15, -0.1) is 11.8 Å². The molecule has 1 heterocycles. The van der Waals surface area contributed by atoms with Gasteiger partial charge in [0.1, 0.15) is 10.1 Å². The van der Waals surface area contributed by atoms with Crippen LogP contribution in [0.2, 0.25) is 5.02 Å².